The van der Waals surface area contributed by atoms with Gasteiger partial charge in [0.15, 0.2) is 0 Å². The van der Waals surface area contributed by atoms with Crippen LogP contribution in [-0.2, 0) is 0 Å². The van der Waals surface area contributed by atoms with Gasteiger partial charge >= 0.3 is 0 Å². The van der Waals surface area contributed by atoms with Gasteiger partial charge in [-0.15, -0.1) is 0 Å². The van der Waals surface area contributed by atoms with E-state index in [2.05, 4.69) is 61.5 Å². The molecule has 0 radical (unpaired) electrons. The van der Waals surface area contributed by atoms with Gasteiger partial charge in [-0.05, 0) is 52.9 Å². The lowest BCUT2D eigenvalue weighted by Gasteiger charge is -2.06. The first kappa shape index (κ1) is 17.9. The fourth-order valence-electron chi connectivity index (χ4n) is 1.21. The lowest BCUT2D eigenvalue weighted by atomic mass is 10.0. The molecule has 0 fully saturated rings. The summed E-state index contributed by atoms with van der Waals surface area (Å²) < 4.78 is 0. The molecule has 0 aromatic carbocycles. The van der Waals surface area contributed by atoms with E-state index in [4.69, 9.17) is 0 Å². The van der Waals surface area contributed by atoms with E-state index >= 15 is 0 Å². The van der Waals surface area contributed by atoms with Crippen molar-refractivity contribution < 1.29 is 0 Å². The van der Waals surface area contributed by atoms with E-state index in [1.54, 1.807) is 11.1 Å². The van der Waals surface area contributed by atoms with Crippen LogP contribution in [0, 0.1) is 5.92 Å². The van der Waals surface area contributed by atoms with Crippen molar-refractivity contribution in [2.45, 2.75) is 74.7 Å². The van der Waals surface area contributed by atoms with Crippen molar-refractivity contribution >= 4 is 0 Å². The van der Waals surface area contributed by atoms with E-state index in [-0.39, 0.29) is 0 Å². The van der Waals surface area contributed by atoms with Crippen LogP contribution in [0.3, 0.4) is 0 Å². The standard InChI is InChI=1S/2C8H16/c2*1-5-7(3)8(4)6-2/h5-6H2,1-4H3;5,8H,6H2,1-4H3/b8-7-;7-5-. The predicted octanol–water partition coefficient (Wildman–Crippen LogP) is 6.14. The molecule has 0 spiro atoms. The maximum absolute atomic E-state index is 2.26. The summed E-state index contributed by atoms with van der Waals surface area (Å²) in [5.74, 6) is 0.778. The zero-order valence-corrected chi connectivity index (χ0v) is 12.8. The van der Waals surface area contributed by atoms with Crippen LogP contribution in [0.2, 0.25) is 0 Å². The molecular weight excluding hydrogens is 192 g/mol. The monoisotopic (exact) mass is 224 g/mol. The van der Waals surface area contributed by atoms with Gasteiger partial charge in [0.25, 0.3) is 0 Å². The SMILES string of the molecule is C/C=C(/C)C(C)CC.CC/C(C)=C(/C)CC. The second-order valence-corrected chi connectivity index (χ2v) is 4.61. The lowest BCUT2D eigenvalue weighted by Crippen LogP contribution is -1.91. The van der Waals surface area contributed by atoms with E-state index in [1.807, 2.05) is 0 Å². The lowest BCUT2D eigenvalue weighted by molar-refractivity contribution is 0.654. The minimum Gasteiger partial charge on any atom is -0.0885 e. The Morgan fingerprint density at radius 1 is 0.938 bits per heavy atom. The summed E-state index contributed by atoms with van der Waals surface area (Å²) in [6, 6.07) is 0. The van der Waals surface area contributed by atoms with Gasteiger partial charge in [0.05, 0.1) is 0 Å². The smallest absolute Gasteiger partial charge is 0.0237 e. The van der Waals surface area contributed by atoms with Crippen molar-refractivity contribution in [1.82, 2.24) is 0 Å². The highest BCUT2D eigenvalue weighted by Crippen LogP contribution is 2.11. The Hall–Kier alpha value is -0.520. The van der Waals surface area contributed by atoms with Crippen molar-refractivity contribution in [1.29, 1.82) is 0 Å². The van der Waals surface area contributed by atoms with Gasteiger partial charge in [0.1, 0.15) is 0 Å². The molecule has 0 heteroatoms. The third-order valence-electron chi connectivity index (χ3n) is 3.63. The average molecular weight is 224 g/mol. The maximum atomic E-state index is 2.26. The minimum atomic E-state index is 0.778. The van der Waals surface area contributed by atoms with Crippen molar-refractivity contribution in [3.05, 3.63) is 22.8 Å². The summed E-state index contributed by atoms with van der Waals surface area (Å²) in [7, 11) is 0. The van der Waals surface area contributed by atoms with Crippen LogP contribution in [0.4, 0.5) is 0 Å². The molecule has 0 aliphatic rings. The van der Waals surface area contributed by atoms with Gasteiger partial charge in [0.2, 0.25) is 0 Å². The van der Waals surface area contributed by atoms with Crippen LogP contribution in [0.25, 0.3) is 0 Å². The average Bonchev–Trinajstić information content (AvgIpc) is 2.35. The number of rotatable bonds is 4. The molecule has 0 N–H and O–H groups in total. The molecule has 0 saturated carbocycles. The maximum Gasteiger partial charge on any atom is -0.0237 e. The van der Waals surface area contributed by atoms with Gasteiger partial charge in [-0.3, -0.25) is 0 Å². The zero-order valence-electron chi connectivity index (χ0n) is 12.8. The highest BCUT2D eigenvalue weighted by molar-refractivity contribution is 5.07. The summed E-state index contributed by atoms with van der Waals surface area (Å²) in [5, 5.41) is 0. The Labute approximate surface area is 104 Å². The fourth-order valence-corrected chi connectivity index (χ4v) is 1.21. The Morgan fingerprint density at radius 3 is 1.44 bits per heavy atom. The Bertz CT molecular complexity index is 206. The van der Waals surface area contributed by atoms with E-state index in [0.29, 0.717) is 0 Å². The zero-order chi connectivity index (χ0) is 13.1. The first-order valence-corrected chi connectivity index (χ1v) is 6.72. The molecule has 0 aliphatic carbocycles. The second-order valence-electron chi connectivity index (χ2n) is 4.61. The van der Waals surface area contributed by atoms with Gasteiger partial charge in [-0.2, -0.15) is 0 Å². The summed E-state index contributed by atoms with van der Waals surface area (Å²) in [5.41, 5.74) is 4.60. The van der Waals surface area contributed by atoms with E-state index in [9.17, 15) is 0 Å². The molecule has 96 valence electrons. The van der Waals surface area contributed by atoms with E-state index in [1.165, 1.54) is 24.8 Å². The summed E-state index contributed by atoms with van der Waals surface area (Å²) in [6.45, 7) is 17.6. The largest absolute Gasteiger partial charge is 0.0885 e. The highest BCUT2D eigenvalue weighted by Gasteiger charge is 1.96. The second kappa shape index (κ2) is 11.0. The van der Waals surface area contributed by atoms with Gasteiger partial charge in [-0.25, -0.2) is 0 Å². The molecule has 0 aliphatic heterocycles. The van der Waals surface area contributed by atoms with Crippen LogP contribution >= 0.6 is 0 Å². The van der Waals surface area contributed by atoms with Crippen molar-refractivity contribution in [3.63, 3.8) is 0 Å². The third kappa shape index (κ3) is 8.76. The van der Waals surface area contributed by atoms with Crippen molar-refractivity contribution in [2.24, 2.45) is 5.92 Å². The topological polar surface area (TPSA) is 0 Å². The van der Waals surface area contributed by atoms with Crippen molar-refractivity contribution in [2.75, 3.05) is 0 Å². The van der Waals surface area contributed by atoms with Crippen molar-refractivity contribution in [3.8, 4) is 0 Å². The molecule has 0 nitrogen and oxygen atoms in total. The van der Waals surface area contributed by atoms with Gasteiger partial charge < -0.3 is 0 Å². The number of hydrogen-bond donors (Lipinski definition) is 0. The Kier molecular flexibility index (Phi) is 12.3. The Morgan fingerprint density at radius 2 is 1.31 bits per heavy atom. The molecule has 0 bridgehead atoms. The van der Waals surface area contributed by atoms with Crippen LogP contribution in [0.1, 0.15) is 74.7 Å². The van der Waals surface area contributed by atoms with Gasteiger partial charge in [0, 0.05) is 0 Å². The molecule has 1 atom stereocenters. The molecule has 0 aromatic heterocycles. The molecule has 0 amide bonds. The third-order valence-corrected chi connectivity index (χ3v) is 3.63. The van der Waals surface area contributed by atoms with Crippen LogP contribution in [0.15, 0.2) is 22.8 Å². The Balaban J connectivity index is 0. The summed E-state index contributed by atoms with van der Waals surface area (Å²) in [4.78, 5) is 0. The summed E-state index contributed by atoms with van der Waals surface area (Å²) in [6.07, 6.45) is 5.86. The van der Waals surface area contributed by atoms with Gasteiger partial charge in [-0.1, -0.05) is 50.5 Å². The highest BCUT2D eigenvalue weighted by atomic mass is 14.0. The molecule has 0 aromatic rings. The molecule has 0 rings (SSSR count). The van der Waals surface area contributed by atoms with Crippen LogP contribution < -0.4 is 0 Å². The van der Waals surface area contributed by atoms with E-state index in [0.717, 1.165) is 5.92 Å². The number of hydrogen-bond acceptors (Lipinski definition) is 0. The quantitative estimate of drug-likeness (QED) is 0.503. The normalized spacial score (nSPS) is 14.9. The predicted molar refractivity (Wildman–Crippen MR) is 77.8 cm³/mol. The van der Waals surface area contributed by atoms with Crippen LogP contribution in [-0.4, -0.2) is 0 Å². The molecule has 0 heterocycles. The fraction of sp³-hybridized carbons (Fsp3) is 0.750. The number of allylic oxidation sites excluding steroid dienone is 4. The molecule has 1 unspecified atom stereocenters. The molecular formula is C16H32. The first-order valence-electron chi connectivity index (χ1n) is 6.72. The molecule has 16 heavy (non-hydrogen) atoms. The first-order chi connectivity index (χ1) is 7.44. The van der Waals surface area contributed by atoms with E-state index < -0.39 is 0 Å². The summed E-state index contributed by atoms with van der Waals surface area (Å²) >= 11 is 0. The van der Waals surface area contributed by atoms with Crippen LogP contribution in [0.5, 0.6) is 0 Å². The molecule has 0 saturated heterocycles. The minimum absolute atomic E-state index is 0.778.